The Labute approximate surface area is 111 Å². The van der Waals surface area contributed by atoms with E-state index in [1.165, 1.54) is 22.4 Å². The van der Waals surface area contributed by atoms with Crippen LogP contribution in [0.4, 0.5) is 5.69 Å². The smallest absolute Gasteiger partial charge is 0.0474 e. The third-order valence-corrected chi connectivity index (χ3v) is 2.98. The zero-order chi connectivity index (χ0) is 13.4. The van der Waals surface area contributed by atoms with Gasteiger partial charge in [0.15, 0.2) is 0 Å². The Bertz CT molecular complexity index is 341. The Kier molecular flexibility index (Phi) is 6.76. The number of hydrogen-bond donors (Lipinski definition) is 2. The monoisotopic (exact) mass is 250 g/mol. The van der Waals surface area contributed by atoms with Crippen LogP contribution in [0.5, 0.6) is 0 Å². The highest BCUT2D eigenvalue weighted by atomic mass is 16.5. The second-order valence-electron chi connectivity index (χ2n) is 4.80. The van der Waals surface area contributed by atoms with Crippen molar-refractivity contribution in [2.75, 3.05) is 38.7 Å². The molecule has 0 aliphatic heterocycles. The molecule has 18 heavy (non-hydrogen) atoms. The largest absolute Gasteiger partial charge is 0.385 e. The van der Waals surface area contributed by atoms with Crippen LogP contribution < -0.4 is 10.6 Å². The molecule has 0 aliphatic carbocycles. The van der Waals surface area contributed by atoms with Gasteiger partial charge in [0.25, 0.3) is 0 Å². The Morgan fingerprint density at radius 1 is 1.00 bits per heavy atom. The summed E-state index contributed by atoms with van der Waals surface area (Å²) in [6.07, 6.45) is 1.07. The lowest BCUT2D eigenvalue weighted by Gasteiger charge is -2.14. The van der Waals surface area contributed by atoms with E-state index in [0.717, 1.165) is 32.7 Å². The van der Waals surface area contributed by atoms with Crippen molar-refractivity contribution in [2.45, 2.75) is 27.2 Å². The molecule has 2 N–H and O–H groups in total. The summed E-state index contributed by atoms with van der Waals surface area (Å²) in [4.78, 5) is 0. The van der Waals surface area contributed by atoms with E-state index >= 15 is 0 Å². The lowest BCUT2D eigenvalue weighted by Crippen LogP contribution is -2.24. The van der Waals surface area contributed by atoms with Gasteiger partial charge in [0.2, 0.25) is 0 Å². The molecule has 0 heterocycles. The highest BCUT2D eigenvalue weighted by Gasteiger charge is 2.02. The van der Waals surface area contributed by atoms with Gasteiger partial charge in [-0.15, -0.1) is 0 Å². The zero-order valence-corrected chi connectivity index (χ0v) is 12.1. The Balaban J connectivity index is 2.27. The lowest BCUT2D eigenvalue weighted by atomic mass is 10.1. The SMILES string of the molecule is COCCCNCCNc1c(C)cc(C)cc1C. The maximum Gasteiger partial charge on any atom is 0.0474 e. The number of hydrogen-bond acceptors (Lipinski definition) is 3. The van der Waals surface area contributed by atoms with Gasteiger partial charge in [-0.2, -0.15) is 0 Å². The van der Waals surface area contributed by atoms with E-state index < -0.39 is 0 Å². The summed E-state index contributed by atoms with van der Waals surface area (Å²) < 4.78 is 5.00. The highest BCUT2D eigenvalue weighted by molar-refractivity contribution is 5.58. The maximum absolute atomic E-state index is 5.00. The Morgan fingerprint density at radius 2 is 1.67 bits per heavy atom. The van der Waals surface area contributed by atoms with Crippen molar-refractivity contribution in [2.24, 2.45) is 0 Å². The van der Waals surface area contributed by atoms with Crippen LogP contribution in [0.15, 0.2) is 12.1 Å². The number of nitrogens with one attached hydrogen (secondary N) is 2. The van der Waals surface area contributed by atoms with E-state index in [9.17, 15) is 0 Å². The first-order chi connectivity index (χ1) is 8.65. The van der Waals surface area contributed by atoms with E-state index in [-0.39, 0.29) is 0 Å². The topological polar surface area (TPSA) is 33.3 Å². The van der Waals surface area contributed by atoms with Crippen molar-refractivity contribution in [3.8, 4) is 0 Å². The minimum Gasteiger partial charge on any atom is -0.385 e. The first kappa shape index (κ1) is 15.0. The summed E-state index contributed by atoms with van der Waals surface area (Å²) in [7, 11) is 1.74. The van der Waals surface area contributed by atoms with E-state index in [1.807, 2.05) is 0 Å². The molecule has 3 nitrogen and oxygen atoms in total. The van der Waals surface area contributed by atoms with Crippen molar-refractivity contribution >= 4 is 5.69 Å². The van der Waals surface area contributed by atoms with Crippen LogP contribution in [-0.2, 0) is 4.74 Å². The molecule has 0 atom stereocenters. The first-order valence-electron chi connectivity index (χ1n) is 6.66. The average Bonchev–Trinajstić information content (AvgIpc) is 2.30. The van der Waals surface area contributed by atoms with Gasteiger partial charge in [0.1, 0.15) is 0 Å². The molecule has 0 saturated heterocycles. The van der Waals surface area contributed by atoms with Crippen LogP contribution in [0.3, 0.4) is 0 Å². The van der Waals surface area contributed by atoms with Gasteiger partial charge in [-0.3, -0.25) is 0 Å². The number of aryl methyl sites for hydroxylation is 3. The fraction of sp³-hybridized carbons (Fsp3) is 0.600. The number of rotatable bonds is 8. The summed E-state index contributed by atoms with van der Waals surface area (Å²) >= 11 is 0. The number of anilines is 1. The molecular weight excluding hydrogens is 224 g/mol. The summed E-state index contributed by atoms with van der Waals surface area (Å²) in [6, 6.07) is 4.45. The predicted octanol–water partition coefficient (Wildman–Crippen LogP) is 2.65. The molecule has 3 heteroatoms. The summed E-state index contributed by atoms with van der Waals surface area (Å²) in [5.41, 5.74) is 5.26. The fourth-order valence-electron chi connectivity index (χ4n) is 2.20. The molecule has 0 spiro atoms. The molecule has 0 aromatic heterocycles. The molecule has 0 radical (unpaired) electrons. The molecule has 1 aromatic rings. The van der Waals surface area contributed by atoms with Crippen LogP contribution in [0.1, 0.15) is 23.1 Å². The highest BCUT2D eigenvalue weighted by Crippen LogP contribution is 2.21. The molecule has 102 valence electrons. The first-order valence-corrected chi connectivity index (χ1v) is 6.66. The van der Waals surface area contributed by atoms with Crippen molar-refractivity contribution in [3.05, 3.63) is 28.8 Å². The molecule has 0 aliphatic rings. The number of methoxy groups -OCH3 is 1. The normalized spacial score (nSPS) is 10.7. The fourth-order valence-corrected chi connectivity index (χ4v) is 2.20. The molecule has 0 fully saturated rings. The van der Waals surface area contributed by atoms with Gasteiger partial charge in [-0.25, -0.2) is 0 Å². The summed E-state index contributed by atoms with van der Waals surface area (Å²) in [6.45, 7) is 10.2. The molecular formula is C15H26N2O. The molecule has 0 amide bonds. The minimum absolute atomic E-state index is 0.830. The van der Waals surface area contributed by atoms with Gasteiger partial charge in [-0.1, -0.05) is 17.7 Å². The second-order valence-corrected chi connectivity index (χ2v) is 4.80. The van der Waals surface area contributed by atoms with Gasteiger partial charge < -0.3 is 15.4 Å². The van der Waals surface area contributed by atoms with Crippen molar-refractivity contribution in [1.82, 2.24) is 5.32 Å². The Hall–Kier alpha value is -1.06. The summed E-state index contributed by atoms with van der Waals surface area (Å²) in [5, 5.41) is 6.90. The van der Waals surface area contributed by atoms with Crippen LogP contribution in [0.2, 0.25) is 0 Å². The third-order valence-electron chi connectivity index (χ3n) is 2.98. The molecule has 1 aromatic carbocycles. The van der Waals surface area contributed by atoms with Crippen molar-refractivity contribution in [1.29, 1.82) is 0 Å². The zero-order valence-electron chi connectivity index (χ0n) is 12.1. The lowest BCUT2D eigenvalue weighted by molar-refractivity contribution is 0.194. The van der Waals surface area contributed by atoms with Gasteiger partial charge >= 0.3 is 0 Å². The third kappa shape index (κ3) is 5.07. The maximum atomic E-state index is 5.00. The van der Waals surface area contributed by atoms with Gasteiger partial charge in [-0.05, 0) is 44.9 Å². The number of benzene rings is 1. The molecule has 0 bridgehead atoms. The number of ether oxygens (including phenoxy) is 1. The minimum atomic E-state index is 0.830. The molecule has 0 unspecified atom stereocenters. The Morgan fingerprint density at radius 3 is 2.28 bits per heavy atom. The van der Waals surface area contributed by atoms with Crippen LogP contribution >= 0.6 is 0 Å². The van der Waals surface area contributed by atoms with Crippen LogP contribution in [0, 0.1) is 20.8 Å². The molecule has 0 saturated carbocycles. The van der Waals surface area contributed by atoms with E-state index in [2.05, 4.69) is 43.5 Å². The van der Waals surface area contributed by atoms with Crippen LogP contribution in [-0.4, -0.2) is 33.4 Å². The van der Waals surface area contributed by atoms with Crippen LogP contribution in [0.25, 0.3) is 0 Å². The van der Waals surface area contributed by atoms with Gasteiger partial charge in [0, 0.05) is 32.5 Å². The van der Waals surface area contributed by atoms with E-state index in [4.69, 9.17) is 4.74 Å². The standard InChI is InChI=1S/C15H26N2O/c1-12-10-13(2)15(14(3)11-12)17-8-7-16-6-5-9-18-4/h10-11,16-17H,5-9H2,1-4H3. The predicted molar refractivity (Wildman–Crippen MR) is 78.5 cm³/mol. The van der Waals surface area contributed by atoms with Crippen molar-refractivity contribution in [3.63, 3.8) is 0 Å². The quantitative estimate of drug-likeness (QED) is 0.696. The van der Waals surface area contributed by atoms with Crippen molar-refractivity contribution < 1.29 is 4.74 Å². The van der Waals surface area contributed by atoms with E-state index in [1.54, 1.807) is 7.11 Å². The van der Waals surface area contributed by atoms with Gasteiger partial charge in [0.05, 0.1) is 0 Å². The average molecular weight is 250 g/mol. The molecule has 1 rings (SSSR count). The van der Waals surface area contributed by atoms with E-state index in [0.29, 0.717) is 0 Å². The summed E-state index contributed by atoms with van der Waals surface area (Å²) in [5.74, 6) is 0. The second kappa shape index (κ2) is 8.11.